The predicted molar refractivity (Wildman–Crippen MR) is 136 cm³/mol. The number of halogens is 4. The number of rotatable bonds is 8. The first-order valence-electron chi connectivity index (χ1n) is 10.0. The molecule has 3 aromatic rings. The minimum atomic E-state index is -0.579. The number of anilines is 1. The van der Waals surface area contributed by atoms with Crippen molar-refractivity contribution < 1.29 is 18.7 Å². The summed E-state index contributed by atoms with van der Waals surface area (Å²) in [5, 5.41) is 3.06. The second kappa shape index (κ2) is 12.0. The first kappa shape index (κ1) is 28.0. The van der Waals surface area contributed by atoms with Crippen LogP contribution in [0, 0.1) is 5.92 Å². The van der Waals surface area contributed by atoms with E-state index in [2.05, 4.69) is 15.3 Å². The monoisotopic (exact) mass is 548 g/mol. The number of carbonyl (C=O) groups is 1. The standard InChI is InChI=1S/C22H22Cl2N4O4.2ClH/c1-11(25)20-19(21(29)27-18-14(23)8-26-9-15(18)24)28-22(32-20)13-5-6-16(30-2)17(7-13)31-10-12-3-4-12;;/h5-9,11-12H,3-4,10,25H2,1-2H3,(H,26,27,29);2*1H. The fourth-order valence-corrected chi connectivity index (χ4v) is 3.50. The van der Waals surface area contributed by atoms with Crippen molar-refractivity contribution in [1.29, 1.82) is 0 Å². The van der Waals surface area contributed by atoms with E-state index in [1.165, 1.54) is 25.2 Å². The Balaban J connectivity index is 0.00000204. The highest BCUT2D eigenvalue weighted by molar-refractivity contribution is 6.39. The van der Waals surface area contributed by atoms with Crippen molar-refractivity contribution in [1.82, 2.24) is 9.97 Å². The topological polar surface area (TPSA) is 112 Å². The van der Waals surface area contributed by atoms with Crippen LogP contribution in [0.3, 0.4) is 0 Å². The van der Waals surface area contributed by atoms with E-state index in [4.69, 9.17) is 42.8 Å². The Morgan fingerprint density at radius 3 is 2.50 bits per heavy atom. The van der Waals surface area contributed by atoms with Crippen molar-refractivity contribution in [2.24, 2.45) is 11.7 Å². The Morgan fingerprint density at radius 2 is 1.91 bits per heavy atom. The minimum Gasteiger partial charge on any atom is -0.493 e. The van der Waals surface area contributed by atoms with Crippen molar-refractivity contribution in [2.45, 2.75) is 25.8 Å². The number of amides is 1. The van der Waals surface area contributed by atoms with E-state index in [1.54, 1.807) is 32.2 Å². The maximum atomic E-state index is 13.0. The molecule has 0 radical (unpaired) electrons. The second-order valence-electron chi connectivity index (χ2n) is 7.57. The summed E-state index contributed by atoms with van der Waals surface area (Å²) < 4.78 is 17.2. The number of oxazole rings is 1. The van der Waals surface area contributed by atoms with E-state index in [1.807, 2.05) is 0 Å². The van der Waals surface area contributed by atoms with Crippen LogP contribution in [0.25, 0.3) is 11.5 Å². The van der Waals surface area contributed by atoms with Crippen molar-refractivity contribution in [3.8, 4) is 23.0 Å². The molecule has 4 rings (SSSR count). The van der Waals surface area contributed by atoms with Crippen LogP contribution in [0.5, 0.6) is 11.5 Å². The molecule has 2 heterocycles. The normalized spacial score (nSPS) is 13.3. The summed E-state index contributed by atoms with van der Waals surface area (Å²) in [5.74, 6) is 1.67. The van der Waals surface area contributed by atoms with Crippen LogP contribution < -0.4 is 20.5 Å². The molecule has 1 fully saturated rings. The lowest BCUT2D eigenvalue weighted by Crippen LogP contribution is -2.17. The molecule has 0 bridgehead atoms. The number of nitrogens with one attached hydrogen (secondary N) is 1. The lowest BCUT2D eigenvalue weighted by molar-refractivity contribution is 0.102. The Bertz CT molecular complexity index is 1130. The quantitative estimate of drug-likeness (QED) is 0.356. The number of benzene rings is 1. The number of hydrogen-bond acceptors (Lipinski definition) is 7. The maximum absolute atomic E-state index is 13.0. The number of aromatic nitrogens is 2. The third kappa shape index (κ3) is 6.25. The van der Waals surface area contributed by atoms with Gasteiger partial charge in [0.15, 0.2) is 23.0 Å². The summed E-state index contributed by atoms with van der Waals surface area (Å²) in [6.07, 6.45) is 5.10. The molecule has 8 nitrogen and oxygen atoms in total. The minimum absolute atomic E-state index is 0. The largest absolute Gasteiger partial charge is 0.493 e. The summed E-state index contributed by atoms with van der Waals surface area (Å²) in [6.45, 7) is 2.32. The molecule has 0 aliphatic heterocycles. The number of methoxy groups -OCH3 is 1. The Hall–Kier alpha value is -2.23. The Labute approximate surface area is 219 Å². The Morgan fingerprint density at radius 1 is 1.24 bits per heavy atom. The third-order valence-corrected chi connectivity index (χ3v) is 5.53. The van der Waals surface area contributed by atoms with Gasteiger partial charge in [-0.25, -0.2) is 4.98 Å². The SMILES string of the molecule is COc1ccc(-c2nc(C(=O)Nc3c(Cl)cncc3Cl)c(C(C)N)o2)cc1OCC1CC1.Cl.Cl. The smallest absolute Gasteiger partial charge is 0.278 e. The van der Waals surface area contributed by atoms with E-state index in [0.717, 1.165) is 0 Å². The molecule has 2 aromatic heterocycles. The molecule has 1 aliphatic rings. The second-order valence-corrected chi connectivity index (χ2v) is 8.39. The average molecular weight is 550 g/mol. The van der Waals surface area contributed by atoms with Gasteiger partial charge in [0.2, 0.25) is 5.89 Å². The summed E-state index contributed by atoms with van der Waals surface area (Å²) in [6, 6.07) is 4.74. The van der Waals surface area contributed by atoms with Gasteiger partial charge >= 0.3 is 0 Å². The fraction of sp³-hybridized carbons (Fsp3) is 0.318. The first-order valence-corrected chi connectivity index (χ1v) is 10.8. The molecule has 1 atom stereocenters. The lowest BCUT2D eigenvalue weighted by atomic mass is 10.2. The molecule has 1 saturated carbocycles. The summed E-state index contributed by atoms with van der Waals surface area (Å²) in [5.41, 5.74) is 6.93. The number of pyridine rings is 1. The molecule has 12 heteroatoms. The zero-order valence-electron chi connectivity index (χ0n) is 18.3. The highest BCUT2D eigenvalue weighted by Gasteiger charge is 2.26. The molecule has 0 spiro atoms. The zero-order valence-corrected chi connectivity index (χ0v) is 21.5. The fourth-order valence-electron chi connectivity index (χ4n) is 3.04. The van der Waals surface area contributed by atoms with Crippen molar-refractivity contribution >= 4 is 59.6 Å². The van der Waals surface area contributed by atoms with Crippen LogP contribution in [0.15, 0.2) is 35.0 Å². The van der Waals surface area contributed by atoms with Gasteiger partial charge in [-0.3, -0.25) is 9.78 Å². The molecule has 1 amide bonds. The first-order chi connectivity index (χ1) is 15.4. The number of nitrogens with two attached hydrogens (primary N) is 1. The van der Waals surface area contributed by atoms with Gasteiger partial charge < -0.3 is 24.9 Å². The van der Waals surface area contributed by atoms with E-state index < -0.39 is 11.9 Å². The number of hydrogen-bond donors (Lipinski definition) is 2. The van der Waals surface area contributed by atoms with E-state index in [-0.39, 0.29) is 57.9 Å². The van der Waals surface area contributed by atoms with Gasteiger partial charge in [-0.05, 0) is 43.9 Å². The number of ether oxygens (including phenoxy) is 2. The van der Waals surface area contributed by atoms with E-state index in [9.17, 15) is 4.79 Å². The summed E-state index contributed by atoms with van der Waals surface area (Å²) in [4.78, 5) is 21.2. The van der Waals surface area contributed by atoms with Gasteiger partial charge in [0, 0.05) is 18.0 Å². The molecule has 1 aliphatic carbocycles. The van der Waals surface area contributed by atoms with Crippen molar-refractivity contribution in [3.05, 3.63) is 52.1 Å². The summed E-state index contributed by atoms with van der Waals surface area (Å²) in [7, 11) is 1.58. The van der Waals surface area contributed by atoms with Crippen LogP contribution in [0.2, 0.25) is 10.0 Å². The van der Waals surface area contributed by atoms with Crippen LogP contribution in [-0.4, -0.2) is 29.6 Å². The number of carbonyl (C=O) groups excluding carboxylic acids is 1. The predicted octanol–water partition coefficient (Wildman–Crippen LogP) is 5.96. The van der Waals surface area contributed by atoms with Crippen molar-refractivity contribution in [2.75, 3.05) is 19.0 Å². The molecule has 184 valence electrons. The van der Waals surface area contributed by atoms with Crippen LogP contribution in [0.1, 0.15) is 42.1 Å². The Kier molecular flexibility index (Phi) is 9.84. The third-order valence-electron chi connectivity index (χ3n) is 4.96. The molecule has 3 N–H and O–H groups in total. The van der Waals surface area contributed by atoms with Gasteiger partial charge in [0.1, 0.15) is 0 Å². The van der Waals surface area contributed by atoms with Crippen LogP contribution >= 0.6 is 48.0 Å². The van der Waals surface area contributed by atoms with E-state index in [0.29, 0.717) is 29.6 Å². The highest BCUT2D eigenvalue weighted by atomic mass is 35.5. The van der Waals surface area contributed by atoms with Crippen LogP contribution in [0.4, 0.5) is 5.69 Å². The average Bonchev–Trinajstić information content (AvgIpc) is 3.49. The molecule has 1 unspecified atom stereocenters. The van der Waals surface area contributed by atoms with Gasteiger partial charge in [0.25, 0.3) is 5.91 Å². The highest BCUT2D eigenvalue weighted by Crippen LogP contribution is 2.36. The van der Waals surface area contributed by atoms with Gasteiger partial charge in [-0.1, -0.05) is 23.2 Å². The van der Waals surface area contributed by atoms with Crippen LogP contribution in [-0.2, 0) is 0 Å². The van der Waals surface area contributed by atoms with Crippen molar-refractivity contribution in [3.63, 3.8) is 0 Å². The molecule has 1 aromatic carbocycles. The molecular formula is C22H24Cl4N4O4. The molecular weight excluding hydrogens is 526 g/mol. The summed E-state index contributed by atoms with van der Waals surface area (Å²) >= 11 is 12.2. The van der Waals surface area contributed by atoms with Gasteiger partial charge in [0.05, 0.1) is 35.5 Å². The van der Waals surface area contributed by atoms with E-state index >= 15 is 0 Å². The molecule has 34 heavy (non-hydrogen) atoms. The van der Waals surface area contributed by atoms with Gasteiger partial charge in [-0.15, -0.1) is 24.8 Å². The number of nitrogens with zero attached hydrogens (tertiary/aromatic N) is 2. The zero-order chi connectivity index (χ0) is 22.8. The van der Waals surface area contributed by atoms with Gasteiger partial charge in [-0.2, -0.15) is 0 Å². The maximum Gasteiger partial charge on any atom is 0.278 e. The molecule has 0 saturated heterocycles. The lowest BCUT2D eigenvalue weighted by Gasteiger charge is -2.11.